The summed E-state index contributed by atoms with van der Waals surface area (Å²) in [5, 5.41) is 0. The zero-order valence-corrected chi connectivity index (χ0v) is 16.4. The Bertz CT molecular complexity index is 213. The zero-order chi connectivity index (χ0) is 15.3. The normalized spacial score (nSPS) is 13.0. The first-order valence-corrected chi connectivity index (χ1v) is 8.54. The predicted octanol–water partition coefficient (Wildman–Crippen LogP) is 4.86. The summed E-state index contributed by atoms with van der Waals surface area (Å²) in [6.07, 6.45) is 9.83. The minimum Gasteiger partial charge on any atom is -0.374 e. The molecule has 1 unspecified atom stereocenters. The van der Waals surface area contributed by atoms with Gasteiger partial charge >= 0.3 is 0 Å². The van der Waals surface area contributed by atoms with E-state index in [1.165, 1.54) is 38.5 Å². The summed E-state index contributed by atoms with van der Waals surface area (Å²) in [5.41, 5.74) is 5.56. The van der Waals surface area contributed by atoms with Crippen LogP contribution in [0.3, 0.4) is 0 Å². The minimum absolute atomic E-state index is 0. The second kappa shape index (κ2) is 15.3. The third-order valence-corrected chi connectivity index (χ3v) is 3.78. The maximum atomic E-state index is 6.00. The second-order valence-electron chi connectivity index (χ2n) is 6.17. The summed E-state index contributed by atoms with van der Waals surface area (Å²) in [5.74, 6) is 0. The van der Waals surface area contributed by atoms with E-state index in [0.29, 0.717) is 6.54 Å². The third kappa shape index (κ3) is 12.6. The zero-order valence-electron chi connectivity index (χ0n) is 14.7. The highest BCUT2D eigenvalue weighted by Crippen LogP contribution is 2.19. The summed E-state index contributed by atoms with van der Waals surface area (Å²) < 4.78 is 11.9. The molecule has 0 aromatic heterocycles. The van der Waals surface area contributed by atoms with Crippen molar-refractivity contribution in [2.45, 2.75) is 90.8 Å². The molecule has 0 fully saturated rings. The van der Waals surface area contributed by atoms with Gasteiger partial charge in [0.15, 0.2) is 0 Å². The molecule has 0 aliphatic heterocycles. The van der Waals surface area contributed by atoms with Crippen molar-refractivity contribution in [1.82, 2.24) is 0 Å². The molecule has 2 N–H and O–H groups in total. The van der Waals surface area contributed by atoms with Crippen molar-refractivity contribution in [3.8, 4) is 0 Å². The van der Waals surface area contributed by atoms with Crippen LogP contribution in [0.15, 0.2) is 0 Å². The molecule has 4 heteroatoms. The summed E-state index contributed by atoms with van der Waals surface area (Å²) in [4.78, 5) is 0. The highest BCUT2D eigenvalue weighted by atomic mass is 79.9. The van der Waals surface area contributed by atoms with Crippen LogP contribution in [0, 0.1) is 0 Å². The molecule has 130 valence electrons. The number of unbranched alkanes of at least 4 members (excludes halogenated alkanes) is 6. The molecule has 1 atom stereocenters. The largest absolute Gasteiger partial charge is 0.374 e. The molecule has 0 aliphatic rings. The Morgan fingerprint density at radius 3 is 1.86 bits per heavy atom. The van der Waals surface area contributed by atoms with E-state index in [-0.39, 0.29) is 28.7 Å². The lowest BCUT2D eigenvalue weighted by molar-refractivity contribution is -0.124. The van der Waals surface area contributed by atoms with Gasteiger partial charge in [-0.3, -0.25) is 0 Å². The van der Waals surface area contributed by atoms with Crippen molar-refractivity contribution in [3.63, 3.8) is 0 Å². The molecule has 3 nitrogen and oxygen atoms in total. The lowest BCUT2D eigenvalue weighted by Crippen LogP contribution is -2.46. The highest BCUT2D eigenvalue weighted by molar-refractivity contribution is 8.93. The molecule has 0 radical (unpaired) electrons. The van der Waals surface area contributed by atoms with Crippen LogP contribution in [0.4, 0.5) is 0 Å². The van der Waals surface area contributed by atoms with Crippen LogP contribution in [0.1, 0.15) is 79.1 Å². The average Bonchev–Trinajstić information content (AvgIpc) is 2.42. The fourth-order valence-corrected chi connectivity index (χ4v) is 2.26. The molecule has 0 saturated heterocycles. The first-order chi connectivity index (χ1) is 9.58. The van der Waals surface area contributed by atoms with Crippen LogP contribution in [0.5, 0.6) is 0 Å². The van der Waals surface area contributed by atoms with Gasteiger partial charge in [0.05, 0.1) is 11.7 Å². The molecule has 0 saturated carbocycles. The van der Waals surface area contributed by atoms with Gasteiger partial charge in [-0.05, 0) is 26.7 Å². The van der Waals surface area contributed by atoms with E-state index in [1.807, 2.05) is 0 Å². The average molecular weight is 368 g/mol. The molecule has 0 aliphatic carbocycles. The first kappa shape index (κ1) is 23.6. The van der Waals surface area contributed by atoms with Crippen molar-refractivity contribution >= 4 is 17.0 Å². The van der Waals surface area contributed by atoms with Crippen LogP contribution in [-0.4, -0.2) is 31.5 Å². The Balaban J connectivity index is 0. The maximum absolute atomic E-state index is 6.00. The van der Waals surface area contributed by atoms with E-state index in [2.05, 4.69) is 27.7 Å². The van der Waals surface area contributed by atoms with E-state index < -0.39 is 0 Å². The van der Waals surface area contributed by atoms with Gasteiger partial charge in [-0.25, -0.2) is 0 Å². The molecule has 0 heterocycles. The quantitative estimate of drug-likeness (QED) is 0.445. The Kier molecular flexibility index (Phi) is 17.2. The minimum atomic E-state index is -0.286. The molecule has 0 amide bonds. The van der Waals surface area contributed by atoms with Crippen LogP contribution in [0.2, 0.25) is 0 Å². The van der Waals surface area contributed by atoms with E-state index in [1.54, 1.807) is 0 Å². The van der Waals surface area contributed by atoms with Crippen molar-refractivity contribution in [2.24, 2.45) is 5.73 Å². The maximum Gasteiger partial charge on any atom is 0.0980 e. The summed E-state index contributed by atoms with van der Waals surface area (Å²) in [6.45, 7) is 10.8. The van der Waals surface area contributed by atoms with E-state index in [4.69, 9.17) is 15.2 Å². The van der Waals surface area contributed by atoms with Gasteiger partial charge in [0, 0.05) is 19.8 Å². The molecule has 0 rings (SSSR count). The topological polar surface area (TPSA) is 44.5 Å². The molecule has 0 aromatic rings. The lowest BCUT2D eigenvalue weighted by atomic mass is 10.0. The number of halogens is 1. The fourth-order valence-electron chi connectivity index (χ4n) is 2.26. The molecule has 21 heavy (non-hydrogen) atoms. The van der Waals surface area contributed by atoms with Crippen molar-refractivity contribution < 1.29 is 9.47 Å². The number of hydrogen-bond donors (Lipinski definition) is 1. The van der Waals surface area contributed by atoms with Crippen LogP contribution in [-0.2, 0) is 9.47 Å². The fraction of sp³-hybridized carbons (Fsp3) is 1.00. The summed E-state index contributed by atoms with van der Waals surface area (Å²) in [7, 11) is 0. The number of hydrogen-bond acceptors (Lipinski definition) is 3. The molecular formula is C17H38BrNO2. The monoisotopic (exact) mass is 367 g/mol. The van der Waals surface area contributed by atoms with Crippen LogP contribution >= 0.6 is 17.0 Å². The van der Waals surface area contributed by atoms with Gasteiger partial charge < -0.3 is 15.2 Å². The van der Waals surface area contributed by atoms with Gasteiger partial charge in [-0.15, -0.1) is 17.0 Å². The molecule has 0 bridgehead atoms. The summed E-state index contributed by atoms with van der Waals surface area (Å²) >= 11 is 0. The second-order valence-corrected chi connectivity index (χ2v) is 6.17. The first-order valence-electron chi connectivity index (χ1n) is 8.54. The molecular weight excluding hydrogens is 330 g/mol. The highest BCUT2D eigenvalue weighted by Gasteiger charge is 2.29. The standard InChI is InChI=1S/C17H37NO2.BrH/c1-5-7-9-11-13-19-16(15-18)17(3,4)20-14-12-10-8-6-2;/h16H,5-15,18H2,1-4H3;1H. The lowest BCUT2D eigenvalue weighted by Gasteiger charge is -2.33. The van der Waals surface area contributed by atoms with Gasteiger partial charge in [-0.2, -0.15) is 0 Å². The SMILES string of the molecule is Br.CCCCCCOC(CN)C(C)(C)OCCCCCC. The third-order valence-electron chi connectivity index (χ3n) is 3.78. The van der Waals surface area contributed by atoms with Crippen LogP contribution < -0.4 is 5.73 Å². The van der Waals surface area contributed by atoms with E-state index in [9.17, 15) is 0 Å². The van der Waals surface area contributed by atoms with Crippen LogP contribution in [0.25, 0.3) is 0 Å². The summed E-state index contributed by atoms with van der Waals surface area (Å²) in [6, 6.07) is 0. The van der Waals surface area contributed by atoms with E-state index >= 15 is 0 Å². The Hall–Kier alpha value is 0.360. The van der Waals surface area contributed by atoms with Gasteiger partial charge in [0.1, 0.15) is 0 Å². The van der Waals surface area contributed by atoms with Crippen molar-refractivity contribution in [3.05, 3.63) is 0 Å². The molecule has 0 aromatic carbocycles. The Morgan fingerprint density at radius 2 is 1.38 bits per heavy atom. The van der Waals surface area contributed by atoms with Crippen molar-refractivity contribution in [1.29, 1.82) is 0 Å². The number of rotatable bonds is 14. The Labute approximate surface area is 143 Å². The van der Waals surface area contributed by atoms with Crippen molar-refractivity contribution in [2.75, 3.05) is 19.8 Å². The molecule has 0 spiro atoms. The predicted molar refractivity (Wildman–Crippen MR) is 97.4 cm³/mol. The van der Waals surface area contributed by atoms with Gasteiger partial charge in [0.25, 0.3) is 0 Å². The smallest absolute Gasteiger partial charge is 0.0980 e. The van der Waals surface area contributed by atoms with Gasteiger partial charge in [-0.1, -0.05) is 52.4 Å². The Morgan fingerprint density at radius 1 is 0.857 bits per heavy atom. The van der Waals surface area contributed by atoms with Gasteiger partial charge in [0.2, 0.25) is 0 Å². The number of ether oxygens (including phenoxy) is 2. The van der Waals surface area contributed by atoms with E-state index in [0.717, 1.165) is 26.1 Å². The number of nitrogens with two attached hydrogens (primary N) is 1.